The molecule has 0 radical (unpaired) electrons. The first-order valence-electron chi connectivity index (χ1n) is 4.27. The highest BCUT2D eigenvalue weighted by molar-refractivity contribution is 5.74. The van der Waals surface area contributed by atoms with E-state index in [1.807, 2.05) is 0 Å². The van der Waals surface area contributed by atoms with Gasteiger partial charge in [0.1, 0.15) is 0 Å². The molecule has 0 aliphatic heterocycles. The Morgan fingerprint density at radius 3 is 2.92 bits per heavy atom. The van der Waals surface area contributed by atoms with E-state index >= 15 is 0 Å². The summed E-state index contributed by atoms with van der Waals surface area (Å²) in [6, 6.07) is 0.0419. The van der Waals surface area contributed by atoms with Crippen molar-refractivity contribution >= 4 is 6.03 Å². The van der Waals surface area contributed by atoms with Crippen LogP contribution in [0, 0.1) is 12.3 Å². The van der Waals surface area contributed by atoms with Crippen LogP contribution in [0.2, 0.25) is 0 Å². The second kappa shape index (κ2) is 4.73. The summed E-state index contributed by atoms with van der Waals surface area (Å²) in [6.45, 7) is 0.270. The Morgan fingerprint density at radius 2 is 2.38 bits per heavy atom. The number of nitrogens with one attached hydrogen (secondary N) is 2. The summed E-state index contributed by atoms with van der Waals surface area (Å²) in [5.74, 6) is 2.33. The van der Waals surface area contributed by atoms with E-state index in [0.717, 1.165) is 12.8 Å². The van der Waals surface area contributed by atoms with Crippen LogP contribution >= 0.6 is 0 Å². The minimum absolute atomic E-state index is 0.197. The lowest BCUT2D eigenvalue weighted by Gasteiger charge is -2.34. The predicted molar refractivity (Wildman–Crippen MR) is 49.2 cm³/mol. The number of urea groups is 1. The zero-order chi connectivity index (χ0) is 9.68. The van der Waals surface area contributed by atoms with Crippen LogP contribution in [-0.4, -0.2) is 31.8 Å². The van der Waals surface area contributed by atoms with Crippen molar-refractivity contribution in [3.8, 4) is 12.3 Å². The van der Waals surface area contributed by atoms with Gasteiger partial charge in [-0.05, 0) is 12.8 Å². The molecule has 72 valence electrons. The third-order valence-corrected chi connectivity index (χ3v) is 2.11. The second-order valence-electron chi connectivity index (χ2n) is 3.06. The van der Waals surface area contributed by atoms with E-state index in [1.54, 1.807) is 7.11 Å². The number of rotatable bonds is 3. The first-order chi connectivity index (χ1) is 6.26. The Morgan fingerprint density at radius 1 is 1.69 bits per heavy atom. The standard InChI is InChI=1S/C9H14N2O2/c1-3-4-10-9(12)11-7-5-8(6-7)13-2/h1,7-8H,4-6H2,2H3,(H2,10,11,12). The highest BCUT2D eigenvalue weighted by atomic mass is 16.5. The lowest BCUT2D eigenvalue weighted by molar-refractivity contribution is 0.0206. The molecule has 0 saturated heterocycles. The van der Waals surface area contributed by atoms with Gasteiger partial charge in [-0.3, -0.25) is 0 Å². The van der Waals surface area contributed by atoms with Gasteiger partial charge in [0.2, 0.25) is 0 Å². The molecule has 0 atom stereocenters. The van der Waals surface area contributed by atoms with E-state index in [1.165, 1.54) is 0 Å². The van der Waals surface area contributed by atoms with Crippen LogP contribution in [0.25, 0.3) is 0 Å². The number of hydrogen-bond acceptors (Lipinski definition) is 2. The molecule has 1 aliphatic rings. The lowest BCUT2D eigenvalue weighted by Crippen LogP contribution is -2.50. The molecule has 2 N–H and O–H groups in total. The molecular formula is C9H14N2O2. The summed E-state index contributed by atoms with van der Waals surface area (Å²) < 4.78 is 5.08. The van der Waals surface area contributed by atoms with Crippen LogP contribution in [0.15, 0.2) is 0 Å². The van der Waals surface area contributed by atoms with E-state index in [-0.39, 0.29) is 18.6 Å². The van der Waals surface area contributed by atoms with E-state index < -0.39 is 0 Å². The van der Waals surface area contributed by atoms with Gasteiger partial charge in [0.05, 0.1) is 12.6 Å². The van der Waals surface area contributed by atoms with Crippen LogP contribution < -0.4 is 10.6 Å². The fraction of sp³-hybridized carbons (Fsp3) is 0.667. The molecule has 1 aliphatic carbocycles. The van der Waals surface area contributed by atoms with Crippen LogP contribution in [-0.2, 0) is 4.74 Å². The van der Waals surface area contributed by atoms with Gasteiger partial charge in [-0.1, -0.05) is 5.92 Å². The summed E-state index contributed by atoms with van der Waals surface area (Å²) in [6.07, 6.45) is 7.07. The quantitative estimate of drug-likeness (QED) is 0.608. The molecule has 0 aromatic rings. The van der Waals surface area contributed by atoms with Crippen LogP contribution in [0.1, 0.15) is 12.8 Å². The third kappa shape index (κ3) is 2.96. The Bertz CT molecular complexity index is 216. The maximum atomic E-state index is 11.0. The van der Waals surface area contributed by atoms with Crippen LogP contribution in [0.3, 0.4) is 0 Å². The number of carbonyl (C=O) groups is 1. The molecule has 0 spiro atoms. The number of methoxy groups -OCH3 is 1. The normalized spacial score (nSPS) is 25.5. The van der Waals surface area contributed by atoms with Gasteiger partial charge in [0.15, 0.2) is 0 Å². The molecule has 0 unspecified atom stereocenters. The van der Waals surface area contributed by atoms with Crippen LogP contribution in [0.4, 0.5) is 4.79 Å². The Labute approximate surface area is 78.0 Å². The molecule has 1 saturated carbocycles. The summed E-state index contributed by atoms with van der Waals surface area (Å²) in [5.41, 5.74) is 0. The molecule has 0 aromatic carbocycles. The Hall–Kier alpha value is -1.21. The number of carbonyl (C=O) groups excluding carboxylic acids is 1. The molecule has 0 aromatic heterocycles. The van der Waals surface area contributed by atoms with Crippen molar-refractivity contribution < 1.29 is 9.53 Å². The Kier molecular flexibility index (Phi) is 3.59. The highest BCUT2D eigenvalue weighted by Crippen LogP contribution is 2.22. The molecule has 4 heteroatoms. The SMILES string of the molecule is C#CCNC(=O)NC1CC(OC)C1. The third-order valence-electron chi connectivity index (χ3n) is 2.11. The van der Waals surface area contributed by atoms with Gasteiger partial charge >= 0.3 is 6.03 Å². The summed E-state index contributed by atoms with van der Waals surface area (Å²) >= 11 is 0. The average Bonchev–Trinajstić information content (AvgIpc) is 2.07. The van der Waals surface area contributed by atoms with E-state index in [0.29, 0.717) is 6.10 Å². The van der Waals surface area contributed by atoms with Crippen molar-refractivity contribution in [3.05, 3.63) is 0 Å². The topological polar surface area (TPSA) is 50.4 Å². The average molecular weight is 182 g/mol. The van der Waals surface area contributed by atoms with Crippen molar-refractivity contribution in [1.29, 1.82) is 0 Å². The van der Waals surface area contributed by atoms with E-state index in [9.17, 15) is 4.79 Å². The van der Waals surface area contributed by atoms with Crippen molar-refractivity contribution in [1.82, 2.24) is 10.6 Å². The van der Waals surface area contributed by atoms with Gasteiger partial charge < -0.3 is 15.4 Å². The molecule has 1 rings (SSSR count). The van der Waals surface area contributed by atoms with E-state index in [2.05, 4.69) is 16.6 Å². The van der Waals surface area contributed by atoms with Gasteiger partial charge in [-0.15, -0.1) is 6.42 Å². The molecule has 4 nitrogen and oxygen atoms in total. The maximum absolute atomic E-state index is 11.0. The smallest absolute Gasteiger partial charge is 0.315 e. The second-order valence-corrected chi connectivity index (χ2v) is 3.06. The van der Waals surface area contributed by atoms with Crippen molar-refractivity contribution in [2.45, 2.75) is 25.0 Å². The van der Waals surface area contributed by atoms with Gasteiger partial charge in [0, 0.05) is 13.2 Å². The number of ether oxygens (including phenoxy) is 1. The van der Waals surface area contributed by atoms with Crippen molar-refractivity contribution in [2.24, 2.45) is 0 Å². The fourth-order valence-corrected chi connectivity index (χ4v) is 1.24. The number of amides is 2. The van der Waals surface area contributed by atoms with Crippen molar-refractivity contribution in [3.63, 3.8) is 0 Å². The zero-order valence-electron chi connectivity index (χ0n) is 7.67. The molecule has 2 amide bonds. The van der Waals surface area contributed by atoms with Gasteiger partial charge in [-0.2, -0.15) is 0 Å². The predicted octanol–water partition coefficient (Wildman–Crippen LogP) is 0.0962. The fourth-order valence-electron chi connectivity index (χ4n) is 1.24. The van der Waals surface area contributed by atoms with Crippen molar-refractivity contribution in [2.75, 3.05) is 13.7 Å². The maximum Gasteiger partial charge on any atom is 0.315 e. The summed E-state index contributed by atoms with van der Waals surface area (Å²) in [4.78, 5) is 11.0. The minimum Gasteiger partial charge on any atom is -0.381 e. The minimum atomic E-state index is -0.197. The number of hydrogen-bond donors (Lipinski definition) is 2. The Balaban J connectivity index is 2.07. The summed E-state index contributed by atoms with van der Waals surface area (Å²) in [5, 5.41) is 5.33. The first-order valence-corrected chi connectivity index (χ1v) is 4.27. The summed E-state index contributed by atoms with van der Waals surface area (Å²) in [7, 11) is 1.68. The molecule has 13 heavy (non-hydrogen) atoms. The van der Waals surface area contributed by atoms with Gasteiger partial charge in [-0.25, -0.2) is 4.79 Å². The van der Waals surface area contributed by atoms with Gasteiger partial charge in [0.25, 0.3) is 0 Å². The number of terminal acetylenes is 1. The monoisotopic (exact) mass is 182 g/mol. The van der Waals surface area contributed by atoms with E-state index in [4.69, 9.17) is 11.2 Å². The molecule has 1 fully saturated rings. The largest absolute Gasteiger partial charge is 0.381 e. The first kappa shape index (κ1) is 9.87. The van der Waals surface area contributed by atoms with Crippen LogP contribution in [0.5, 0.6) is 0 Å². The molecule has 0 bridgehead atoms. The molecular weight excluding hydrogens is 168 g/mol. The highest BCUT2D eigenvalue weighted by Gasteiger charge is 2.29. The lowest BCUT2D eigenvalue weighted by atomic mass is 9.89. The molecule has 0 heterocycles. The zero-order valence-corrected chi connectivity index (χ0v) is 7.67.